The maximum atomic E-state index is 6.06. The normalized spacial score (nSPS) is 39.9. The molecule has 94 valence electrons. The third kappa shape index (κ3) is 2.78. The molecule has 0 bridgehead atoms. The Bertz CT molecular complexity index is 225. The van der Waals surface area contributed by atoms with Gasteiger partial charge in [-0.3, -0.25) is 0 Å². The van der Waals surface area contributed by atoms with Crippen LogP contribution in [0.2, 0.25) is 0 Å². The number of hydrogen-bond donors (Lipinski definition) is 2. The predicted octanol–water partition coefficient (Wildman–Crippen LogP) is 2.53. The van der Waals surface area contributed by atoms with E-state index in [9.17, 15) is 0 Å². The Morgan fingerprint density at radius 3 is 2.56 bits per heavy atom. The zero-order valence-electron chi connectivity index (χ0n) is 11.0. The van der Waals surface area contributed by atoms with Crippen LogP contribution >= 0.6 is 0 Å². The summed E-state index contributed by atoms with van der Waals surface area (Å²) in [6.07, 6.45) is 8.28. The van der Waals surface area contributed by atoms with E-state index in [0.717, 1.165) is 24.3 Å². The zero-order valence-corrected chi connectivity index (χ0v) is 11.0. The fraction of sp³-hybridized carbons (Fsp3) is 1.00. The van der Waals surface area contributed by atoms with Crippen molar-refractivity contribution in [1.29, 1.82) is 0 Å². The van der Waals surface area contributed by atoms with Crippen molar-refractivity contribution < 1.29 is 0 Å². The third-order valence-corrected chi connectivity index (χ3v) is 4.84. The Kier molecular flexibility index (Phi) is 3.91. The van der Waals surface area contributed by atoms with Crippen LogP contribution in [-0.2, 0) is 0 Å². The fourth-order valence-corrected chi connectivity index (χ4v) is 3.27. The van der Waals surface area contributed by atoms with E-state index >= 15 is 0 Å². The van der Waals surface area contributed by atoms with Crippen molar-refractivity contribution in [2.75, 3.05) is 13.1 Å². The van der Waals surface area contributed by atoms with Crippen molar-refractivity contribution in [3.63, 3.8) is 0 Å². The highest BCUT2D eigenvalue weighted by Crippen LogP contribution is 2.37. The van der Waals surface area contributed by atoms with Gasteiger partial charge in [0.15, 0.2) is 0 Å². The molecule has 2 rings (SSSR count). The van der Waals surface area contributed by atoms with Gasteiger partial charge >= 0.3 is 0 Å². The second-order valence-electron chi connectivity index (χ2n) is 6.31. The van der Waals surface area contributed by atoms with Gasteiger partial charge in [0.1, 0.15) is 0 Å². The summed E-state index contributed by atoms with van der Waals surface area (Å²) in [6, 6.07) is 0. The molecule has 0 heterocycles. The Labute approximate surface area is 100 Å². The molecule has 2 aliphatic rings. The van der Waals surface area contributed by atoms with Crippen molar-refractivity contribution in [1.82, 2.24) is 5.32 Å². The highest BCUT2D eigenvalue weighted by Gasteiger charge is 2.39. The van der Waals surface area contributed by atoms with Crippen molar-refractivity contribution in [2.45, 2.75) is 57.9 Å². The van der Waals surface area contributed by atoms with Gasteiger partial charge in [0.25, 0.3) is 0 Å². The lowest BCUT2D eigenvalue weighted by Gasteiger charge is -2.45. The van der Waals surface area contributed by atoms with Gasteiger partial charge in [0.05, 0.1) is 0 Å². The second kappa shape index (κ2) is 5.05. The van der Waals surface area contributed by atoms with E-state index in [1.165, 1.54) is 45.1 Å². The Balaban J connectivity index is 1.86. The SMILES string of the molecule is CC1CCC(C)C(CN)(NCCC2CC2)C1. The van der Waals surface area contributed by atoms with Crippen molar-refractivity contribution in [2.24, 2.45) is 23.5 Å². The molecule has 0 saturated heterocycles. The average molecular weight is 224 g/mol. The monoisotopic (exact) mass is 224 g/mol. The number of hydrogen-bond acceptors (Lipinski definition) is 2. The summed E-state index contributed by atoms with van der Waals surface area (Å²) < 4.78 is 0. The van der Waals surface area contributed by atoms with Gasteiger partial charge in [-0.05, 0) is 43.6 Å². The van der Waals surface area contributed by atoms with Crippen molar-refractivity contribution >= 4 is 0 Å². The molecular weight excluding hydrogens is 196 g/mol. The summed E-state index contributed by atoms with van der Waals surface area (Å²) in [7, 11) is 0. The predicted molar refractivity (Wildman–Crippen MR) is 69.3 cm³/mol. The number of rotatable bonds is 5. The minimum atomic E-state index is 0.243. The van der Waals surface area contributed by atoms with E-state index < -0.39 is 0 Å². The lowest BCUT2D eigenvalue weighted by molar-refractivity contribution is 0.126. The fourth-order valence-electron chi connectivity index (χ4n) is 3.27. The molecule has 0 aliphatic heterocycles. The highest BCUT2D eigenvalue weighted by atomic mass is 15.0. The van der Waals surface area contributed by atoms with Gasteiger partial charge in [-0.1, -0.05) is 33.1 Å². The summed E-state index contributed by atoms with van der Waals surface area (Å²) in [5.74, 6) is 2.61. The average Bonchev–Trinajstić information content (AvgIpc) is 3.07. The van der Waals surface area contributed by atoms with Crippen LogP contribution in [0.1, 0.15) is 52.4 Å². The molecule has 0 spiro atoms. The molecule has 3 atom stereocenters. The van der Waals surface area contributed by atoms with Crippen LogP contribution in [-0.4, -0.2) is 18.6 Å². The Morgan fingerprint density at radius 1 is 1.19 bits per heavy atom. The molecule has 2 heteroatoms. The van der Waals surface area contributed by atoms with Crippen molar-refractivity contribution in [3.8, 4) is 0 Å². The van der Waals surface area contributed by atoms with Crippen LogP contribution in [0.4, 0.5) is 0 Å². The number of nitrogens with one attached hydrogen (secondary N) is 1. The first-order valence-electron chi connectivity index (χ1n) is 7.11. The quantitative estimate of drug-likeness (QED) is 0.753. The maximum absolute atomic E-state index is 6.06. The summed E-state index contributed by atoms with van der Waals surface area (Å²) in [6.45, 7) is 6.74. The third-order valence-electron chi connectivity index (χ3n) is 4.84. The topological polar surface area (TPSA) is 38.0 Å². The molecule has 3 N–H and O–H groups in total. The van der Waals surface area contributed by atoms with Gasteiger partial charge in [-0.2, -0.15) is 0 Å². The smallest absolute Gasteiger partial charge is 0.0332 e. The molecule has 0 amide bonds. The summed E-state index contributed by atoms with van der Waals surface area (Å²) in [4.78, 5) is 0. The van der Waals surface area contributed by atoms with Gasteiger partial charge in [0, 0.05) is 12.1 Å². The van der Waals surface area contributed by atoms with Gasteiger partial charge in [-0.15, -0.1) is 0 Å². The Hall–Kier alpha value is -0.0800. The van der Waals surface area contributed by atoms with Crippen molar-refractivity contribution in [3.05, 3.63) is 0 Å². The summed E-state index contributed by atoms with van der Waals surface area (Å²) >= 11 is 0. The van der Waals surface area contributed by atoms with Gasteiger partial charge in [0.2, 0.25) is 0 Å². The van der Waals surface area contributed by atoms with Crippen LogP contribution in [0.25, 0.3) is 0 Å². The molecule has 0 aromatic carbocycles. The van der Waals surface area contributed by atoms with E-state index in [1.807, 2.05) is 0 Å². The minimum Gasteiger partial charge on any atom is -0.329 e. The standard InChI is InChI=1S/C14H28N2/c1-11-3-4-12(2)14(9-11,10-15)16-8-7-13-5-6-13/h11-13,16H,3-10,15H2,1-2H3. The van der Waals surface area contributed by atoms with E-state index in [1.54, 1.807) is 0 Å². The van der Waals surface area contributed by atoms with E-state index in [-0.39, 0.29) is 5.54 Å². The second-order valence-corrected chi connectivity index (χ2v) is 6.31. The highest BCUT2D eigenvalue weighted by molar-refractivity contribution is 4.98. The van der Waals surface area contributed by atoms with E-state index in [2.05, 4.69) is 19.2 Å². The summed E-state index contributed by atoms with van der Waals surface area (Å²) in [5.41, 5.74) is 6.30. The molecule has 3 unspecified atom stereocenters. The molecule has 2 fully saturated rings. The van der Waals surface area contributed by atoms with E-state index in [4.69, 9.17) is 5.73 Å². The molecule has 2 saturated carbocycles. The first kappa shape index (κ1) is 12.4. The van der Waals surface area contributed by atoms with Gasteiger partial charge < -0.3 is 11.1 Å². The van der Waals surface area contributed by atoms with Crippen LogP contribution in [0.5, 0.6) is 0 Å². The molecule has 0 radical (unpaired) electrons. The Morgan fingerprint density at radius 2 is 1.94 bits per heavy atom. The van der Waals surface area contributed by atoms with Crippen LogP contribution in [0.15, 0.2) is 0 Å². The molecule has 0 aromatic rings. The molecule has 2 aliphatic carbocycles. The lowest BCUT2D eigenvalue weighted by atomic mass is 9.69. The molecule has 16 heavy (non-hydrogen) atoms. The molecular formula is C14H28N2. The van der Waals surface area contributed by atoms with Crippen LogP contribution in [0.3, 0.4) is 0 Å². The first-order chi connectivity index (χ1) is 7.66. The molecule has 0 aromatic heterocycles. The number of nitrogens with two attached hydrogens (primary N) is 1. The maximum Gasteiger partial charge on any atom is 0.0332 e. The van der Waals surface area contributed by atoms with E-state index in [0.29, 0.717) is 0 Å². The van der Waals surface area contributed by atoms with Crippen LogP contribution < -0.4 is 11.1 Å². The minimum absolute atomic E-state index is 0.243. The molecule has 2 nitrogen and oxygen atoms in total. The van der Waals surface area contributed by atoms with Crippen LogP contribution in [0, 0.1) is 17.8 Å². The lowest BCUT2D eigenvalue weighted by Crippen LogP contribution is -2.58. The largest absolute Gasteiger partial charge is 0.329 e. The summed E-state index contributed by atoms with van der Waals surface area (Å²) in [5, 5.41) is 3.81. The van der Waals surface area contributed by atoms with Gasteiger partial charge in [-0.25, -0.2) is 0 Å². The zero-order chi connectivity index (χ0) is 11.6. The first-order valence-corrected chi connectivity index (χ1v) is 7.11.